The first-order valence-corrected chi connectivity index (χ1v) is 17.9. The number of amides is 1. The lowest BCUT2D eigenvalue weighted by Crippen LogP contribution is -2.57. The van der Waals surface area contributed by atoms with Crippen molar-refractivity contribution in [3.05, 3.63) is 64.9 Å². The SMILES string of the molecule is CC(C)(C)OC(=O)N1[C@@H]2CC[C@H]1CN(c1c(C#N)c(OC[C@@]34CCCN3C[C@H](F)C4)nc3cc(-c4cccc5ccc(F)c(Cl)c45)ccc13)C2. The van der Waals surface area contributed by atoms with Gasteiger partial charge in [-0.1, -0.05) is 48.0 Å². The smallest absolute Gasteiger partial charge is 0.410 e. The number of piperazine rings is 1. The molecular formula is C39H40ClF2N5O3. The lowest BCUT2D eigenvalue weighted by Gasteiger charge is -2.42. The summed E-state index contributed by atoms with van der Waals surface area (Å²) in [7, 11) is 0. The van der Waals surface area contributed by atoms with Gasteiger partial charge in [0.1, 0.15) is 35.8 Å². The van der Waals surface area contributed by atoms with Crippen LogP contribution in [0, 0.1) is 17.1 Å². The van der Waals surface area contributed by atoms with Gasteiger partial charge in [0.2, 0.25) is 5.88 Å². The molecule has 4 saturated heterocycles. The maximum absolute atomic E-state index is 14.7. The molecule has 0 aliphatic carbocycles. The zero-order valence-electron chi connectivity index (χ0n) is 28.5. The van der Waals surface area contributed by atoms with Crippen molar-refractivity contribution in [3.63, 3.8) is 0 Å². The van der Waals surface area contributed by atoms with Crippen molar-refractivity contribution in [1.82, 2.24) is 14.8 Å². The van der Waals surface area contributed by atoms with Gasteiger partial charge in [0.25, 0.3) is 0 Å². The summed E-state index contributed by atoms with van der Waals surface area (Å²) in [6.45, 7) is 8.10. The van der Waals surface area contributed by atoms with Crippen LogP contribution in [0.1, 0.15) is 58.4 Å². The van der Waals surface area contributed by atoms with Crippen LogP contribution in [0.4, 0.5) is 19.3 Å². The molecule has 3 aromatic carbocycles. The number of carbonyl (C=O) groups excluding carboxylic acids is 1. The predicted octanol–water partition coefficient (Wildman–Crippen LogP) is 8.26. The Bertz CT molecular complexity index is 2050. The van der Waals surface area contributed by atoms with Crippen LogP contribution in [-0.4, -0.2) is 83.1 Å². The van der Waals surface area contributed by atoms with Gasteiger partial charge in [0, 0.05) is 36.8 Å². The fourth-order valence-electron chi connectivity index (χ4n) is 8.83. The third-order valence-electron chi connectivity index (χ3n) is 10.9. The Hall–Kier alpha value is -4.20. The first-order valence-electron chi connectivity index (χ1n) is 17.5. The Morgan fingerprint density at radius 1 is 1.12 bits per heavy atom. The minimum absolute atomic E-state index is 0.0529. The van der Waals surface area contributed by atoms with E-state index in [0.29, 0.717) is 48.2 Å². The Balaban J connectivity index is 1.23. The van der Waals surface area contributed by atoms with Gasteiger partial charge in [0.15, 0.2) is 0 Å². The van der Waals surface area contributed by atoms with Gasteiger partial charge in [0.05, 0.1) is 33.8 Å². The number of hydrogen-bond acceptors (Lipinski definition) is 7. The summed E-state index contributed by atoms with van der Waals surface area (Å²) in [4.78, 5) is 24.5. The van der Waals surface area contributed by atoms with Gasteiger partial charge in [-0.3, -0.25) is 9.80 Å². The van der Waals surface area contributed by atoms with Crippen molar-refractivity contribution in [2.45, 2.75) is 82.3 Å². The third kappa shape index (κ3) is 5.59. The summed E-state index contributed by atoms with van der Waals surface area (Å²) in [5.74, 6) is -0.287. The highest BCUT2D eigenvalue weighted by atomic mass is 35.5. The van der Waals surface area contributed by atoms with E-state index in [2.05, 4.69) is 15.9 Å². The molecular weight excluding hydrogens is 660 g/mol. The quantitative estimate of drug-likeness (QED) is 0.208. The number of nitrogens with zero attached hydrogens (tertiary/aromatic N) is 5. The monoisotopic (exact) mass is 699 g/mol. The van der Waals surface area contributed by atoms with Gasteiger partial charge in [-0.15, -0.1) is 0 Å². The molecule has 1 amide bonds. The Kier molecular flexibility index (Phi) is 8.07. The number of benzene rings is 3. The largest absolute Gasteiger partial charge is 0.475 e. The van der Waals surface area contributed by atoms with E-state index in [1.807, 2.05) is 62.1 Å². The van der Waals surface area contributed by atoms with Gasteiger partial charge in [-0.25, -0.2) is 18.6 Å². The second kappa shape index (κ2) is 12.2. The molecule has 260 valence electrons. The van der Waals surface area contributed by atoms with Crippen LogP contribution in [0.2, 0.25) is 5.02 Å². The summed E-state index contributed by atoms with van der Waals surface area (Å²) in [5, 5.41) is 13.0. The molecule has 4 aliphatic rings. The van der Waals surface area contributed by atoms with E-state index in [-0.39, 0.29) is 35.7 Å². The van der Waals surface area contributed by atoms with Gasteiger partial charge >= 0.3 is 6.09 Å². The van der Waals surface area contributed by atoms with Crippen molar-refractivity contribution in [1.29, 1.82) is 5.26 Å². The zero-order chi connectivity index (χ0) is 34.9. The molecule has 5 heterocycles. The molecule has 4 aliphatic heterocycles. The van der Waals surface area contributed by atoms with Crippen molar-refractivity contribution < 1.29 is 23.0 Å². The van der Waals surface area contributed by atoms with E-state index >= 15 is 0 Å². The number of fused-ring (bicyclic) bond motifs is 5. The summed E-state index contributed by atoms with van der Waals surface area (Å²) in [6.07, 6.45) is 2.64. The molecule has 2 bridgehead atoms. The fraction of sp³-hybridized carbons (Fsp3) is 0.462. The molecule has 0 spiro atoms. The van der Waals surface area contributed by atoms with E-state index in [0.717, 1.165) is 54.1 Å². The van der Waals surface area contributed by atoms with Crippen molar-refractivity contribution >= 4 is 45.1 Å². The molecule has 8 nitrogen and oxygen atoms in total. The predicted molar refractivity (Wildman–Crippen MR) is 190 cm³/mol. The molecule has 0 radical (unpaired) electrons. The number of nitriles is 1. The van der Waals surface area contributed by atoms with Crippen molar-refractivity contribution in [2.24, 2.45) is 0 Å². The van der Waals surface area contributed by atoms with Crippen LogP contribution in [0.15, 0.2) is 48.5 Å². The highest BCUT2D eigenvalue weighted by molar-refractivity contribution is 6.37. The van der Waals surface area contributed by atoms with E-state index in [1.54, 1.807) is 6.07 Å². The molecule has 0 N–H and O–H groups in total. The Morgan fingerprint density at radius 2 is 1.90 bits per heavy atom. The lowest BCUT2D eigenvalue weighted by atomic mass is 9.94. The average Bonchev–Trinajstić information content (AvgIpc) is 3.70. The first-order chi connectivity index (χ1) is 23.9. The molecule has 4 atom stereocenters. The second-order valence-electron chi connectivity index (χ2n) is 15.3. The van der Waals surface area contributed by atoms with E-state index in [9.17, 15) is 18.8 Å². The van der Waals surface area contributed by atoms with Crippen molar-refractivity contribution in [3.8, 4) is 23.1 Å². The molecule has 0 saturated carbocycles. The van der Waals surface area contributed by atoms with Crippen LogP contribution in [-0.2, 0) is 4.74 Å². The maximum atomic E-state index is 14.7. The molecule has 11 heteroatoms. The fourth-order valence-corrected chi connectivity index (χ4v) is 9.10. The summed E-state index contributed by atoms with van der Waals surface area (Å²) >= 11 is 6.53. The number of halogens is 3. The molecule has 1 aromatic heterocycles. The number of pyridine rings is 1. The van der Waals surface area contributed by atoms with E-state index < -0.39 is 23.1 Å². The van der Waals surface area contributed by atoms with Gasteiger partial charge in [-0.2, -0.15) is 5.26 Å². The molecule has 8 rings (SSSR count). The average molecular weight is 700 g/mol. The minimum Gasteiger partial charge on any atom is -0.475 e. The highest BCUT2D eigenvalue weighted by Gasteiger charge is 2.50. The zero-order valence-corrected chi connectivity index (χ0v) is 29.3. The number of aromatic nitrogens is 1. The minimum atomic E-state index is -0.911. The number of hydrogen-bond donors (Lipinski definition) is 0. The molecule has 4 aromatic rings. The summed E-state index contributed by atoms with van der Waals surface area (Å²) in [5.41, 5.74) is 2.15. The van der Waals surface area contributed by atoms with E-state index in [4.69, 9.17) is 26.1 Å². The number of alkyl halides is 1. The molecule has 4 fully saturated rings. The van der Waals surface area contributed by atoms with Crippen LogP contribution >= 0.6 is 11.6 Å². The Morgan fingerprint density at radius 3 is 2.64 bits per heavy atom. The normalized spacial score (nSPS) is 24.9. The topological polar surface area (TPSA) is 81.9 Å². The maximum Gasteiger partial charge on any atom is 0.410 e. The highest BCUT2D eigenvalue weighted by Crippen LogP contribution is 2.44. The third-order valence-corrected chi connectivity index (χ3v) is 11.3. The Labute approximate surface area is 295 Å². The first kappa shape index (κ1) is 33.0. The van der Waals surface area contributed by atoms with Crippen molar-refractivity contribution in [2.75, 3.05) is 37.7 Å². The number of rotatable bonds is 5. The van der Waals surface area contributed by atoms with Crippen LogP contribution < -0.4 is 9.64 Å². The summed E-state index contributed by atoms with van der Waals surface area (Å²) in [6, 6.07) is 16.9. The number of anilines is 1. The molecule has 50 heavy (non-hydrogen) atoms. The van der Waals surface area contributed by atoms with Crippen LogP contribution in [0.25, 0.3) is 32.8 Å². The van der Waals surface area contributed by atoms with Gasteiger partial charge < -0.3 is 14.4 Å². The summed E-state index contributed by atoms with van der Waals surface area (Å²) < 4.78 is 41.6. The van der Waals surface area contributed by atoms with Crippen LogP contribution in [0.3, 0.4) is 0 Å². The standard InChI is InChI=1S/C39H40ClF2N5O3/c1-38(2,3)50-37(48)47-26-10-11-27(47)21-45(20-26)35-29-12-8-24(28-7-4-6-23-9-13-31(42)34(40)33(23)28)16-32(29)44-36(30(35)18-43)49-22-39-14-5-15-46(39)19-25(41)17-39/h4,6-9,12-13,16,25-27H,5,10-11,14-15,17,19-22H2,1-3H3/t25-,26-,27+,39+/m1/s1. The van der Waals surface area contributed by atoms with Gasteiger partial charge in [-0.05, 0) is 81.6 Å². The second-order valence-corrected chi connectivity index (χ2v) is 15.7. The van der Waals surface area contributed by atoms with Crippen LogP contribution in [0.5, 0.6) is 5.88 Å². The lowest BCUT2D eigenvalue weighted by molar-refractivity contribution is 0.0123. The molecule has 0 unspecified atom stereocenters. The number of ether oxygens (including phenoxy) is 2. The number of carbonyl (C=O) groups is 1. The van der Waals surface area contributed by atoms with E-state index in [1.165, 1.54) is 6.07 Å².